The molecule has 4 rings (SSSR count). The average Bonchev–Trinajstić information content (AvgIpc) is 2.97. The first-order chi connectivity index (χ1) is 13.7. The van der Waals surface area contributed by atoms with Gasteiger partial charge in [0.1, 0.15) is 17.4 Å². The highest BCUT2D eigenvalue weighted by Gasteiger charge is 2.17. The Morgan fingerprint density at radius 1 is 1.11 bits per heavy atom. The summed E-state index contributed by atoms with van der Waals surface area (Å²) in [5.74, 6) is 1.30. The second kappa shape index (κ2) is 8.21. The molecule has 0 fully saturated rings. The van der Waals surface area contributed by atoms with E-state index >= 15 is 0 Å². The molecule has 0 atom stereocenters. The Labute approximate surface area is 162 Å². The Balaban J connectivity index is 1.50. The number of hydrogen-bond acceptors (Lipinski definition) is 4. The maximum Gasteiger partial charge on any atom is 0.262 e. The molecule has 6 nitrogen and oxygen atoms in total. The molecule has 7 heteroatoms. The first-order valence-corrected chi connectivity index (χ1v) is 9.40. The lowest BCUT2D eigenvalue weighted by Crippen LogP contribution is -2.20. The van der Waals surface area contributed by atoms with E-state index in [9.17, 15) is 9.18 Å². The number of benzene rings is 2. The number of rotatable bonds is 5. The molecule has 1 aliphatic heterocycles. The Hall–Kier alpha value is -3.22. The fraction of sp³-hybridized carbons (Fsp3) is 0.286. The van der Waals surface area contributed by atoms with E-state index in [1.54, 1.807) is 24.3 Å². The lowest BCUT2D eigenvalue weighted by molar-refractivity contribution is -0.118. The standard InChI is InChI=1S/C21H21FN4O2/c22-17-11-10-15(21-25-24-19-9-5-2-6-12-26(19)21)13-18(17)23-20(27)14-28-16-7-3-1-4-8-16/h1,3-4,7-8,10-11,13H,2,5-6,9,12,14H2,(H,23,27). The molecular weight excluding hydrogens is 359 g/mol. The molecule has 1 amide bonds. The smallest absolute Gasteiger partial charge is 0.262 e. The van der Waals surface area contributed by atoms with Crippen molar-refractivity contribution < 1.29 is 13.9 Å². The Bertz CT molecular complexity index is 972. The van der Waals surface area contributed by atoms with E-state index in [1.807, 2.05) is 18.2 Å². The second-order valence-corrected chi connectivity index (χ2v) is 6.75. The van der Waals surface area contributed by atoms with Gasteiger partial charge >= 0.3 is 0 Å². The minimum absolute atomic E-state index is 0.102. The fourth-order valence-corrected chi connectivity index (χ4v) is 3.31. The molecule has 3 aromatic rings. The summed E-state index contributed by atoms with van der Waals surface area (Å²) in [6, 6.07) is 13.6. The van der Waals surface area contributed by atoms with E-state index in [0.717, 1.165) is 43.6 Å². The van der Waals surface area contributed by atoms with Crippen LogP contribution in [-0.4, -0.2) is 27.3 Å². The van der Waals surface area contributed by atoms with Crippen molar-refractivity contribution in [2.75, 3.05) is 11.9 Å². The van der Waals surface area contributed by atoms with Gasteiger partial charge in [0.2, 0.25) is 0 Å². The van der Waals surface area contributed by atoms with Gasteiger partial charge in [-0.2, -0.15) is 0 Å². The van der Waals surface area contributed by atoms with E-state index in [0.29, 0.717) is 11.6 Å². The van der Waals surface area contributed by atoms with Crippen LogP contribution in [0.4, 0.5) is 10.1 Å². The highest BCUT2D eigenvalue weighted by Crippen LogP contribution is 2.26. The summed E-state index contributed by atoms with van der Waals surface area (Å²) < 4.78 is 21.7. The number of fused-ring (bicyclic) bond motifs is 1. The van der Waals surface area contributed by atoms with Crippen molar-refractivity contribution in [2.24, 2.45) is 0 Å². The number of hydrogen-bond donors (Lipinski definition) is 1. The van der Waals surface area contributed by atoms with E-state index in [2.05, 4.69) is 20.1 Å². The number of nitrogens with zero attached hydrogens (tertiary/aromatic N) is 3. The van der Waals surface area contributed by atoms with Crippen LogP contribution in [0.25, 0.3) is 11.4 Å². The van der Waals surface area contributed by atoms with Crippen molar-refractivity contribution in [3.63, 3.8) is 0 Å². The van der Waals surface area contributed by atoms with Gasteiger partial charge in [-0.05, 0) is 43.2 Å². The molecule has 1 aliphatic rings. The molecule has 0 unspecified atom stereocenters. The molecule has 1 N–H and O–H groups in total. The van der Waals surface area contributed by atoms with Crippen LogP contribution >= 0.6 is 0 Å². The zero-order valence-corrected chi connectivity index (χ0v) is 15.4. The van der Waals surface area contributed by atoms with E-state index in [1.165, 1.54) is 6.07 Å². The van der Waals surface area contributed by atoms with Gasteiger partial charge in [0.05, 0.1) is 5.69 Å². The minimum Gasteiger partial charge on any atom is -0.484 e. The quantitative estimate of drug-likeness (QED) is 0.730. The van der Waals surface area contributed by atoms with Crippen molar-refractivity contribution in [3.05, 3.63) is 60.2 Å². The fourth-order valence-electron chi connectivity index (χ4n) is 3.31. The molecule has 0 saturated carbocycles. The maximum atomic E-state index is 14.2. The molecule has 0 aliphatic carbocycles. The van der Waals surface area contributed by atoms with Crippen LogP contribution in [0.3, 0.4) is 0 Å². The summed E-state index contributed by atoms with van der Waals surface area (Å²) in [7, 11) is 0. The molecule has 144 valence electrons. The molecule has 0 spiro atoms. The zero-order chi connectivity index (χ0) is 19.3. The highest BCUT2D eigenvalue weighted by molar-refractivity contribution is 5.92. The topological polar surface area (TPSA) is 69.0 Å². The number of ether oxygens (including phenoxy) is 1. The number of aromatic nitrogens is 3. The summed E-state index contributed by atoms with van der Waals surface area (Å²) in [6.07, 6.45) is 4.23. The van der Waals surface area contributed by atoms with Gasteiger partial charge < -0.3 is 14.6 Å². The molecule has 0 bridgehead atoms. The van der Waals surface area contributed by atoms with E-state index in [-0.39, 0.29) is 12.3 Å². The van der Waals surface area contributed by atoms with Crippen LogP contribution < -0.4 is 10.1 Å². The molecule has 0 radical (unpaired) electrons. The first kappa shape index (κ1) is 18.2. The van der Waals surface area contributed by atoms with Crippen molar-refractivity contribution in [1.82, 2.24) is 14.8 Å². The number of para-hydroxylation sites is 1. The second-order valence-electron chi connectivity index (χ2n) is 6.75. The SMILES string of the molecule is O=C(COc1ccccc1)Nc1cc(-c2nnc3n2CCCCC3)ccc1F. The minimum atomic E-state index is -0.507. The van der Waals surface area contributed by atoms with Gasteiger partial charge in [0.15, 0.2) is 12.4 Å². The Morgan fingerprint density at radius 2 is 1.96 bits per heavy atom. The largest absolute Gasteiger partial charge is 0.484 e. The summed E-state index contributed by atoms with van der Waals surface area (Å²) in [5.41, 5.74) is 0.825. The molecule has 0 saturated heterocycles. The van der Waals surface area contributed by atoms with Crippen LogP contribution in [0.15, 0.2) is 48.5 Å². The molecular formula is C21H21FN4O2. The number of halogens is 1. The van der Waals surface area contributed by atoms with E-state index < -0.39 is 11.7 Å². The number of nitrogens with one attached hydrogen (secondary N) is 1. The van der Waals surface area contributed by atoms with Gasteiger partial charge in [-0.3, -0.25) is 4.79 Å². The molecule has 2 aromatic carbocycles. The predicted molar refractivity (Wildman–Crippen MR) is 104 cm³/mol. The number of amides is 1. The third kappa shape index (κ3) is 4.03. The number of aryl methyl sites for hydroxylation is 1. The molecule has 1 aromatic heterocycles. The van der Waals surface area contributed by atoms with Crippen LogP contribution in [0.1, 0.15) is 25.1 Å². The zero-order valence-electron chi connectivity index (χ0n) is 15.4. The van der Waals surface area contributed by atoms with Gasteiger partial charge in [0, 0.05) is 18.5 Å². The van der Waals surface area contributed by atoms with Gasteiger partial charge in [0.25, 0.3) is 5.91 Å². The maximum absolute atomic E-state index is 14.2. The number of carbonyl (C=O) groups is 1. The Kier molecular flexibility index (Phi) is 5.32. The van der Waals surface area contributed by atoms with Gasteiger partial charge in [-0.25, -0.2) is 4.39 Å². The van der Waals surface area contributed by atoms with Crippen LogP contribution in [0, 0.1) is 5.82 Å². The highest BCUT2D eigenvalue weighted by atomic mass is 19.1. The lowest BCUT2D eigenvalue weighted by atomic mass is 10.1. The van der Waals surface area contributed by atoms with Gasteiger partial charge in [-0.1, -0.05) is 24.6 Å². The summed E-state index contributed by atoms with van der Waals surface area (Å²) >= 11 is 0. The lowest BCUT2D eigenvalue weighted by Gasteiger charge is -2.11. The third-order valence-corrected chi connectivity index (χ3v) is 4.72. The van der Waals surface area contributed by atoms with E-state index in [4.69, 9.17) is 4.74 Å². The number of carbonyl (C=O) groups excluding carboxylic acids is 1. The third-order valence-electron chi connectivity index (χ3n) is 4.72. The van der Waals surface area contributed by atoms with Crippen molar-refractivity contribution in [3.8, 4) is 17.1 Å². The normalized spacial score (nSPS) is 13.5. The van der Waals surface area contributed by atoms with Crippen molar-refractivity contribution >= 4 is 11.6 Å². The molecule has 28 heavy (non-hydrogen) atoms. The Morgan fingerprint density at radius 3 is 2.82 bits per heavy atom. The summed E-state index contributed by atoms with van der Waals surface area (Å²) in [5, 5.41) is 11.1. The van der Waals surface area contributed by atoms with Crippen LogP contribution in [0.5, 0.6) is 5.75 Å². The van der Waals surface area contributed by atoms with Crippen LogP contribution in [0.2, 0.25) is 0 Å². The van der Waals surface area contributed by atoms with Gasteiger partial charge in [-0.15, -0.1) is 10.2 Å². The monoisotopic (exact) mass is 380 g/mol. The summed E-state index contributed by atoms with van der Waals surface area (Å²) in [4.78, 5) is 12.2. The first-order valence-electron chi connectivity index (χ1n) is 9.40. The summed E-state index contributed by atoms with van der Waals surface area (Å²) in [6.45, 7) is 0.648. The van der Waals surface area contributed by atoms with Crippen LogP contribution in [-0.2, 0) is 17.8 Å². The molecule has 2 heterocycles. The van der Waals surface area contributed by atoms with Crippen molar-refractivity contribution in [1.29, 1.82) is 0 Å². The average molecular weight is 380 g/mol. The predicted octanol–water partition coefficient (Wildman–Crippen LogP) is 3.83. The van der Waals surface area contributed by atoms with Crippen molar-refractivity contribution in [2.45, 2.75) is 32.2 Å². The number of anilines is 1.